The molecule has 2 aromatic carbocycles. The molecule has 1 saturated carbocycles. The second-order valence-corrected chi connectivity index (χ2v) is 8.20. The van der Waals surface area contributed by atoms with Gasteiger partial charge in [-0.15, -0.1) is 0 Å². The quantitative estimate of drug-likeness (QED) is 0.426. The van der Waals surface area contributed by atoms with Crippen molar-refractivity contribution < 1.29 is 13.5 Å². The Bertz CT molecular complexity index is 708. The van der Waals surface area contributed by atoms with Crippen LogP contribution in [0.25, 0.3) is 0 Å². The van der Waals surface area contributed by atoms with E-state index in [1.54, 1.807) is 0 Å². The number of halogens is 2. The lowest BCUT2D eigenvalue weighted by Gasteiger charge is -2.30. The van der Waals surface area contributed by atoms with Gasteiger partial charge in [-0.05, 0) is 42.4 Å². The molecular formula is C25H32F2O. The summed E-state index contributed by atoms with van der Waals surface area (Å²) in [5, 5.41) is 0. The highest BCUT2D eigenvalue weighted by molar-refractivity contribution is 5.26. The zero-order chi connectivity index (χ0) is 19.8. The van der Waals surface area contributed by atoms with Crippen molar-refractivity contribution in [3.63, 3.8) is 0 Å². The van der Waals surface area contributed by atoms with Gasteiger partial charge in [0, 0.05) is 6.07 Å². The molecule has 1 nitrogen and oxygen atoms in total. The van der Waals surface area contributed by atoms with Crippen molar-refractivity contribution in [3.8, 4) is 5.75 Å². The molecule has 3 rings (SSSR count). The van der Waals surface area contributed by atoms with Crippen LogP contribution in [0.5, 0.6) is 5.75 Å². The van der Waals surface area contributed by atoms with Crippen LogP contribution in [-0.4, -0.2) is 0 Å². The van der Waals surface area contributed by atoms with Crippen LogP contribution in [0.1, 0.15) is 76.4 Å². The fraction of sp³-hybridized carbons (Fsp3) is 0.520. The van der Waals surface area contributed by atoms with E-state index in [0.29, 0.717) is 5.75 Å². The fourth-order valence-electron chi connectivity index (χ4n) is 4.36. The molecule has 0 aliphatic heterocycles. The molecule has 1 fully saturated rings. The number of unbranched alkanes of at least 4 members (excludes halogenated alkanes) is 1. The van der Waals surface area contributed by atoms with E-state index in [9.17, 15) is 8.78 Å². The zero-order valence-electron chi connectivity index (χ0n) is 16.9. The van der Waals surface area contributed by atoms with Crippen molar-refractivity contribution in [1.29, 1.82) is 0 Å². The summed E-state index contributed by atoms with van der Waals surface area (Å²) in [4.78, 5) is 0. The predicted molar refractivity (Wildman–Crippen MR) is 110 cm³/mol. The number of rotatable bonds is 9. The Kier molecular flexibility index (Phi) is 7.88. The summed E-state index contributed by atoms with van der Waals surface area (Å²) in [6.07, 6.45) is 11.2. The Morgan fingerprint density at radius 2 is 1.57 bits per heavy atom. The monoisotopic (exact) mass is 386 g/mol. The third-order valence-corrected chi connectivity index (χ3v) is 6.11. The first kappa shape index (κ1) is 20.8. The summed E-state index contributed by atoms with van der Waals surface area (Å²) in [5.41, 5.74) is 1.09. The molecule has 0 bridgehead atoms. The SMILES string of the molecule is CCCC[C@H]1CC[C@H](CCC(Oc2ccc(F)c(F)c2)c2ccccc2)CC1. The molecule has 0 spiro atoms. The van der Waals surface area contributed by atoms with E-state index in [2.05, 4.69) is 6.92 Å². The van der Waals surface area contributed by atoms with Crippen LogP contribution >= 0.6 is 0 Å². The minimum absolute atomic E-state index is 0.135. The third-order valence-electron chi connectivity index (χ3n) is 6.11. The predicted octanol–water partition coefficient (Wildman–Crippen LogP) is 7.86. The molecule has 1 aliphatic carbocycles. The van der Waals surface area contributed by atoms with Crippen molar-refractivity contribution in [2.45, 2.75) is 70.8 Å². The molecule has 0 N–H and O–H groups in total. The first-order chi connectivity index (χ1) is 13.7. The van der Waals surface area contributed by atoms with Gasteiger partial charge in [0.25, 0.3) is 0 Å². The maximum Gasteiger partial charge on any atom is 0.162 e. The first-order valence-electron chi connectivity index (χ1n) is 10.8. The molecule has 0 amide bonds. The van der Waals surface area contributed by atoms with Gasteiger partial charge in [0.1, 0.15) is 11.9 Å². The van der Waals surface area contributed by atoms with E-state index in [1.165, 1.54) is 51.0 Å². The van der Waals surface area contributed by atoms with Crippen molar-refractivity contribution in [1.82, 2.24) is 0 Å². The van der Waals surface area contributed by atoms with Gasteiger partial charge < -0.3 is 4.74 Å². The lowest BCUT2D eigenvalue weighted by molar-refractivity contribution is 0.167. The van der Waals surface area contributed by atoms with Crippen LogP contribution in [-0.2, 0) is 0 Å². The molecule has 0 heterocycles. The molecule has 2 aromatic rings. The highest BCUT2D eigenvalue weighted by Crippen LogP contribution is 2.36. The molecule has 28 heavy (non-hydrogen) atoms. The van der Waals surface area contributed by atoms with E-state index in [-0.39, 0.29) is 6.10 Å². The summed E-state index contributed by atoms with van der Waals surface area (Å²) in [6, 6.07) is 13.8. The molecule has 1 aliphatic rings. The normalized spacial score (nSPS) is 20.7. The van der Waals surface area contributed by atoms with Crippen LogP contribution in [0.15, 0.2) is 48.5 Å². The van der Waals surface area contributed by atoms with Crippen molar-refractivity contribution in [2.75, 3.05) is 0 Å². The van der Waals surface area contributed by atoms with Crippen LogP contribution < -0.4 is 4.74 Å². The number of hydrogen-bond acceptors (Lipinski definition) is 1. The molecule has 0 radical (unpaired) electrons. The zero-order valence-corrected chi connectivity index (χ0v) is 16.9. The van der Waals surface area contributed by atoms with Gasteiger partial charge in [-0.2, -0.15) is 0 Å². The van der Waals surface area contributed by atoms with E-state index in [4.69, 9.17) is 4.74 Å². The van der Waals surface area contributed by atoms with Crippen LogP contribution in [0.4, 0.5) is 8.78 Å². The smallest absolute Gasteiger partial charge is 0.162 e. The van der Waals surface area contributed by atoms with Gasteiger partial charge in [0.2, 0.25) is 0 Å². The minimum atomic E-state index is -0.866. The van der Waals surface area contributed by atoms with E-state index in [0.717, 1.165) is 42.4 Å². The largest absolute Gasteiger partial charge is 0.486 e. The standard InChI is InChI=1S/C25H32F2O/c1-2-3-7-19-10-12-20(13-11-19)14-17-25(21-8-5-4-6-9-21)28-22-15-16-23(26)24(27)18-22/h4-6,8-9,15-16,18-20,25H,2-3,7,10-14,17H2,1H3/t19-,20-,25?. The Morgan fingerprint density at radius 3 is 2.21 bits per heavy atom. The van der Waals surface area contributed by atoms with Gasteiger partial charge in [-0.25, -0.2) is 8.78 Å². The average molecular weight is 387 g/mol. The summed E-state index contributed by atoms with van der Waals surface area (Å²) in [7, 11) is 0. The number of benzene rings is 2. The van der Waals surface area contributed by atoms with Crippen molar-refractivity contribution >= 4 is 0 Å². The Morgan fingerprint density at radius 1 is 0.893 bits per heavy atom. The second kappa shape index (κ2) is 10.6. The van der Waals surface area contributed by atoms with Crippen LogP contribution in [0, 0.1) is 23.5 Å². The molecule has 3 heteroatoms. The summed E-state index contributed by atoms with van der Waals surface area (Å²) in [5.74, 6) is 0.339. The van der Waals surface area contributed by atoms with Crippen LogP contribution in [0.3, 0.4) is 0 Å². The second-order valence-electron chi connectivity index (χ2n) is 8.20. The summed E-state index contributed by atoms with van der Waals surface area (Å²) < 4.78 is 32.9. The maximum atomic E-state index is 13.6. The number of hydrogen-bond donors (Lipinski definition) is 0. The number of ether oxygens (including phenoxy) is 1. The average Bonchev–Trinajstić information content (AvgIpc) is 2.73. The summed E-state index contributed by atoms with van der Waals surface area (Å²) >= 11 is 0. The topological polar surface area (TPSA) is 9.23 Å². The van der Waals surface area contributed by atoms with Gasteiger partial charge in [0.15, 0.2) is 11.6 Å². The van der Waals surface area contributed by atoms with Crippen molar-refractivity contribution in [3.05, 3.63) is 65.7 Å². The molecule has 0 aromatic heterocycles. The van der Waals surface area contributed by atoms with Gasteiger partial charge in [-0.3, -0.25) is 0 Å². The Hall–Kier alpha value is -1.90. The maximum absolute atomic E-state index is 13.6. The molecule has 1 atom stereocenters. The van der Waals surface area contributed by atoms with Crippen LogP contribution in [0.2, 0.25) is 0 Å². The lowest BCUT2D eigenvalue weighted by atomic mass is 9.77. The minimum Gasteiger partial charge on any atom is -0.486 e. The van der Waals surface area contributed by atoms with E-state index >= 15 is 0 Å². The third kappa shape index (κ3) is 6.05. The van der Waals surface area contributed by atoms with E-state index in [1.807, 2.05) is 30.3 Å². The van der Waals surface area contributed by atoms with Gasteiger partial charge >= 0.3 is 0 Å². The lowest BCUT2D eigenvalue weighted by Crippen LogP contribution is -2.16. The van der Waals surface area contributed by atoms with Gasteiger partial charge in [-0.1, -0.05) is 82.2 Å². The molecule has 152 valence electrons. The molecule has 1 unspecified atom stereocenters. The van der Waals surface area contributed by atoms with Gasteiger partial charge in [0.05, 0.1) is 0 Å². The first-order valence-corrected chi connectivity index (χ1v) is 10.8. The summed E-state index contributed by atoms with van der Waals surface area (Å²) in [6.45, 7) is 2.27. The molecule has 0 saturated heterocycles. The van der Waals surface area contributed by atoms with Crippen molar-refractivity contribution in [2.24, 2.45) is 11.8 Å². The highest BCUT2D eigenvalue weighted by atomic mass is 19.2. The van der Waals surface area contributed by atoms with E-state index < -0.39 is 11.6 Å². The highest BCUT2D eigenvalue weighted by Gasteiger charge is 2.23. The fourth-order valence-corrected chi connectivity index (χ4v) is 4.36. The molecular weight excluding hydrogens is 354 g/mol. The Labute approximate surface area is 168 Å². The Balaban J connectivity index is 1.58.